The predicted octanol–water partition coefficient (Wildman–Crippen LogP) is 3.98. The summed E-state index contributed by atoms with van der Waals surface area (Å²) in [6, 6.07) is 13.3. The zero-order chi connectivity index (χ0) is 25.2. The average Bonchev–Trinajstić information content (AvgIpc) is 3.47. The first-order chi connectivity index (χ1) is 17.2. The largest absolute Gasteiger partial charge is 0.469 e. The smallest absolute Gasteiger partial charge is 0.330 e. The maximum atomic E-state index is 14.0. The van der Waals surface area contributed by atoms with E-state index >= 15 is 0 Å². The average molecular weight is 488 g/mol. The van der Waals surface area contributed by atoms with Crippen molar-refractivity contribution >= 4 is 23.9 Å². The van der Waals surface area contributed by atoms with Gasteiger partial charge in [0.2, 0.25) is 5.41 Å². The third-order valence-electron chi connectivity index (χ3n) is 7.01. The minimum Gasteiger partial charge on any atom is -0.469 e. The molecule has 6 rings (SSSR count). The number of esters is 2. The van der Waals surface area contributed by atoms with Gasteiger partial charge in [0.05, 0.1) is 18.4 Å². The molecule has 0 unspecified atom stereocenters. The van der Waals surface area contributed by atoms with E-state index in [2.05, 4.69) is 5.10 Å². The Bertz CT molecular complexity index is 1390. The number of carbonyl (C=O) groups excluding carboxylic acids is 3. The van der Waals surface area contributed by atoms with Gasteiger partial charge < -0.3 is 13.9 Å². The first-order valence-electron chi connectivity index (χ1n) is 11.5. The van der Waals surface area contributed by atoms with E-state index in [1.165, 1.54) is 49.4 Å². The number of nitrogens with zero attached hydrogens (tertiary/aromatic N) is 2. The summed E-state index contributed by atoms with van der Waals surface area (Å²) in [6.45, 7) is 2.94. The van der Waals surface area contributed by atoms with Crippen molar-refractivity contribution in [1.29, 1.82) is 0 Å². The molecule has 3 aromatic rings. The molecule has 0 N–H and O–H groups in total. The summed E-state index contributed by atoms with van der Waals surface area (Å²) in [5.74, 6) is -5.03. The maximum Gasteiger partial charge on any atom is 0.330 e. The van der Waals surface area contributed by atoms with E-state index in [0.717, 1.165) is 0 Å². The Morgan fingerprint density at radius 2 is 1.67 bits per heavy atom. The van der Waals surface area contributed by atoms with Crippen LogP contribution in [0.5, 0.6) is 0 Å². The van der Waals surface area contributed by atoms with E-state index < -0.39 is 52.7 Å². The van der Waals surface area contributed by atoms with E-state index in [-0.39, 0.29) is 11.3 Å². The minimum atomic E-state index is -2.00. The Morgan fingerprint density at radius 1 is 0.972 bits per heavy atom. The highest BCUT2D eigenvalue weighted by Crippen LogP contribution is 2.62. The van der Waals surface area contributed by atoms with Gasteiger partial charge in [0.15, 0.2) is 5.78 Å². The summed E-state index contributed by atoms with van der Waals surface area (Å²) in [5, 5.41) is 6.01. The molecule has 0 aliphatic carbocycles. The van der Waals surface area contributed by atoms with Gasteiger partial charge in [0.25, 0.3) is 5.79 Å². The van der Waals surface area contributed by atoms with Gasteiger partial charge in [0, 0.05) is 19.4 Å². The molecule has 2 aromatic carbocycles. The molecule has 8 nitrogen and oxygen atoms in total. The molecule has 3 aliphatic rings. The number of ether oxygens (including phenoxy) is 2. The standard InChI is InChI=1S/C27H21FN2O6/c1-26(2)35-24(32)27(25(33)36-26)20(19-8-5-13-34-19)21(22(31)15-9-11-17(28)12-10-15)30-23(27)18-7-4-3-6-16(18)14-29-30/h3-14,20-21,23H,1-2H3/t20-,21-,23+/m1/s1. The number of hydrogen-bond acceptors (Lipinski definition) is 8. The van der Waals surface area contributed by atoms with Crippen LogP contribution in [0.25, 0.3) is 0 Å². The molecule has 0 saturated carbocycles. The van der Waals surface area contributed by atoms with Gasteiger partial charge in [-0.3, -0.25) is 19.4 Å². The van der Waals surface area contributed by atoms with Crippen molar-refractivity contribution in [2.24, 2.45) is 10.5 Å². The molecule has 4 heterocycles. The number of cyclic esters (lactones) is 2. The van der Waals surface area contributed by atoms with Crippen LogP contribution in [0.2, 0.25) is 0 Å². The number of ketones is 1. The number of carbonyl (C=O) groups is 3. The fraction of sp³-hybridized carbons (Fsp3) is 0.259. The Labute approximate surface area is 205 Å². The van der Waals surface area contributed by atoms with Crippen molar-refractivity contribution < 1.29 is 32.7 Å². The van der Waals surface area contributed by atoms with Gasteiger partial charge in [-0.05, 0) is 47.5 Å². The predicted molar refractivity (Wildman–Crippen MR) is 123 cm³/mol. The molecule has 0 bridgehead atoms. The SMILES string of the molecule is CC1(C)OC(=O)C2(C(=O)O1)[C@H](c1ccco1)[C@H](C(=O)c1ccc(F)cc1)N1N=Cc3ccccc3[C@H]12. The van der Waals surface area contributed by atoms with Crippen LogP contribution in [0.4, 0.5) is 4.39 Å². The van der Waals surface area contributed by atoms with Gasteiger partial charge in [0.1, 0.15) is 23.7 Å². The van der Waals surface area contributed by atoms with E-state index in [0.29, 0.717) is 11.1 Å². The van der Waals surface area contributed by atoms with Gasteiger partial charge >= 0.3 is 11.9 Å². The summed E-state index contributed by atoms with van der Waals surface area (Å²) in [6.07, 6.45) is 2.98. The summed E-state index contributed by atoms with van der Waals surface area (Å²) >= 11 is 0. The number of furan rings is 1. The molecule has 3 aliphatic heterocycles. The number of hydrogen-bond donors (Lipinski definition) is 0. The molecule has 3 atom stereocenters. The maximum absolute atomic E-state index is 14.0. The fourth-order valence-electron chi connectivity index (χ4n) is 5.58. The molecule has 0 radical (unpaired) electrons. The fourth-order valence-corrected chi connectivity index (χ4v) is 5.58. The highest BCUT2D eigenvalue weighted by Gasteiger charge is 2.75. The monoisotopic (exact) mass is 488 g/mol. The Balaban J connectivity index is 1.63. The Morgan fingerprint density at radius 3 is 2.33 bits per heavy atom. The van der Waals surface area contributed by atoms with Crippen molar-refractivity contribution in [1.82, 2.24) is 5.01 Å². The number of hydrazone groups is 1. The zero-order valence-corrected chi connectivity index (χ0v) is 19.4. The second kappa shape index (κ2) is 7.61. The highest BCUT2D eigenvalue weighted by atomic mass is 19.1. The lowest BCUT2D eigenvalue weighted by Gasteiger charge is -2.43. The third kappa shape index (κ3) is 2.98. The van der Waals surface area contributed by atoms with Crippen molar-refractivity contribution in [2.45, 2.75) is 37.6 Å². The zero-order valence-electron chi connectivity index (χ0n) is 19.4. The molecular formula is C27H21FN2O6. The van der Waals surface area contributed by atoms with Crippen LogP contribution in [0.1, 0.15) is 53.1 Å². The van der Waals surface area contributed by atoms with Crippen molar-refractivity contribution in [3.8, 4) is 0 Å². The normalized spacial score (nSPS) is 25.2. The lowest BCUT2D eigenvalue weighted by Crippen LogP contribution is -2.58. The van der Waals surface area contributed by atoms with Crippen molar-refractivity contribution in [2.75, 3.05) is 0 Å². The highest BCUT2D eigenvalue weighted by molar-refractivity contribution is 6.09. The summed E-state index contributed by atoms with van der Waals surface area (Å²) < 4.78 is 30.7. The third-order valence-corrected chi connectivity index (χ3v) is 7.01. The molecule has 1 spiro atoms. The van der Waals surface area contributed by atoms with Crippen LogP contribution in [0.3, 0.4) is 0 Å². The second-order valence-corrected chi connectivity index (χ2v) is 9.51. The van der Waals surface area contributed by atoms with Gasteiger partial charge in [-0.25, -0.2) is 4.39 Å². The molecule has 2 saturated heterocycles. The van der Waals surface area contributed by atoms with Crippen LogP contribution in [0.15, 0.2) is 76.4 Å². The summed E-state index contributed by atoms with van der Waals surface area (Å²) in [7, 11) is 0. The van der Waals surface area contributed by atoms with Crippen LogP contribution >= 0.6 is 0 Å². The topological polar surface area (TPSA) is 98.4 Å². The van der Waals surface area contributed by atoms with E-state index in [1.54, 1.807) is 30.5 Å². The summed E-state index contributed by atoms with van der Waals surface area (Å²) in [5.41, 5.74) is -0.494. The van der Waals surface area contributed by atoms with E-state index in [9.17, 15) is 18.8 Å². The molecule has 36 heavy (non-hydrogen) atoms. The van der Waals surface area contributed by atoms with Gasteiger partial charge in [-0.15, -0.1) is 0 Å². The molecule has 0 amide bonds. The lowest BCUT2D eigenvalue weighted by molar-refractivity contribution is -0.254. The lowest BCUT2D eigenvalue weighted by atomic mass is 9.66. The molecular weight excluding hydrogens is 467 g/mol. The number of fused-ring (bicyclic) bond motifs is 4. The Kier molecular flexibility index (Phi) is 4.70. The molecule has 9 heteroatoms. The first kappa shape index (κ1) is 22.2. The van der Waals surface area contributed by atoms with E-state index in [4.69, 9.17) is 13.9 Å². The van der Waals surface area contributed by atoms with Crippen LogP contribution in [-0.2, 0) is 19.1 Å². The molecule has 1 aromatic heterocycles. The number of benzene rings is 2. The molecule has 2 fully saturated rings. The first-order valence-corrected chi connectivity index (χ1v) is 11.5. The van der Waals surface area contributed by atoms with Crippen LogP contribution in [-0.4, -0.2) is 40.8 Å². The van der Waals surface area contributed by atoms with Crippen molar-refractivity contribution in [3.05, 3.63) is 95.2 Å². The van der Waals surface area contributed by atoms with E-state index in [1.807, 2.05) is 12.1 Å². The Hall–Kier alpha value is -4.27. The summed E-state index contributed by atoms with van der Waals surface area (Å²) in [4.78, 5) is 41.9. The number of halogens is 1. The van der Waals surface area contributed by atoms with Gasteiger partial charge in [-0.2, -0.15) is 5.10 Å². The van der Waals surface area contributed by atoms with Crippen LogP contribution < -0.4 is 0 Å². The molecule has 182 valence electrons. The quantitative estimate of drug-likeness (QED) is 0.312. The van der Waals surface area contributed by atoms with Crippen LogP contribution in [0, 0.1) is 11.2 Å². The number of Topliss-reactive ketones (excluding diaryl/α,β-unsaturated/α-hetero) is 1. The second-order valence-electron chi connectivity index (χ2n) is 9.51. The number of rotatable bonds is 3. The van der Waals surface area contributed by atoms with Crippen molar-refractivity contribution in [3.63, 3.8) is 0 Å². The van der Waals surface area contributed by atoms with Gasteiger partial charge in [-0.1, -0.05) is 24.3 Å². The minimum absolute atomic E-state index is 0.195.